The summed E-state index contributed by atoms with van der Waals surface area (Å²) in [4.78, 5) is 43.9. The van der Waals surface area contributed by atoms with E-state index in [1.54, 1.807) is 24.8 Å². The van der Waals surface area contributed by atoms with Gasteiger partial charge in [-0.25, -0.2) is 0 Å². The molecule has 2 saturated heterocycles. The molecular formula is C23H32N2O6. The number of nitrogens with zero attached hydrogens (tertiary/aromatic N) is 2. The summed E-state index contributed by atoms with van der Waals surface area (Å²) in [7, 11) is 0. The summed E-state index contributed by atoms with van der Waals surface area (Å²) >= 11 is 0. The SMILES string of the molecule is CC(C)N1CC=C[C@]23O[C@]4(C)/C=C\CCCOC(=O)[C@@H]4[C@H]2C(=O)N([C@H](C)CO)C3C1=O. The van der Waals surface area contributed by atoms with Crippen molar-refractivity contribution in [2.75, 3.05) is 19.8 Å². The van der Waals surface area contributed by atoms with Crippen molar-refractivity contribution in [3.05, 3.63) is 24.3 Å². The molecule has 2 amide bonds. The Balaban J connectivity index is 1.90. The van der Waals surface area contributed by atoms with E-state index >= 15 is 0 Å². The smallest absolute Gasteiger partial charge is 0.313 e. The molecule has 0 bridgehead atoms. The third-order valence-corrected chi connectivity index (χ3v) is 7.08. The number of hydrogen-bond donors (Lipinski definition) is 1. The Morgan fingerprint density at radius 1 is 1.13 bits per heavy atom. The second-order valence-electron chi connectivity index (χ2n) is 9.47. The summed E-state index contributed by atoms with van der Waals surface area (Å²) in [6, 6.07) is -1.63. The fraction of sp³-hybridized carbons (Fsp3) is 0.696. The molecule has 0 aliphatic carbocycles. The number of likely N-dealkylation sites (tertiary alicyclic amines) is 1. The van der Waals surface area contributed by atoms with Gasteiger partial charge in [-0.2, -0.15) is 0 Å². The van der Waals surface area contributed by atoms with Gasteiger partial charge in [0.1, 0.15) is 17.6 Å². The van der Waals surface area contributed by atoms with Crippen molar-refractivity contribution in [2.24, 2.45) is 11.8 Å². The lowest BCUT2D eigenvalue weighted by Crippen LogP contribution is -2.59. The maximum absolute atomic E-state index is 13.8. The zero-order valence-electron chi connectivity index (χ0n) is 18.6. The Kier molecular flexibility index (Phi) is 5.50. The number of allylic oxidation sites excluding steroid dienone is 1. The van der Waals surface area contributed by atoms with Crippen molar-refractivity contribution in [3.8, 4) is 0 Å². The lowest BCUT2D eigenvalue weighted by molar-refractivity contribution is -0.161. The molecule has 8 heteroatoms. The summed E-state index contributed by atoms with van der Waals surface area (Å²) < 4.78 is 12.2. The zero-order chi connectivity index (χ0) is 22.6. The Morgan fingerprint density at radius 2 is 1.87 bits per heavy atom. The maximum atomic E-state index is 13.8. The molecule has 8 nitrogen and oxygen atoms in total. The van der Waals surface area contributed by atoms with Crippen LogP contribution in [0.1, 0.15) is 40.5 Å². The van der Waals surface area contributed by atoms with E-state index in [1.165, 1.54) is 4.90 Å². The quantitative estimate of drug-likeness (QED) is 0.529. The van der Waals surface area contributed by atoms with Gasteiger partial charge in [0.15, 0.2) is 0 Å². The molecule has 4 rings (SSSR count). The molecular weight excluding hydrogens is 400 g/mol. The number of carbonyl (C=O) groups excluding carboxylic acids is 3. The summed E-state index contributed by atoms with van der Waals surface area (Å²) in [6.45, 7) is 7.71. The average molecular weight is 433 g/mol. The van der Waals surface area contributed by atoms with Gasteiger partial charge in [0.2, 0.25) is 11.8 Å². The van der Waals surface area contributed by atoms with Crippen LogP contribution in [0.3, 0.4) is 0 Å². The number of aliphatic hydroxyl groups excluding tert-OH is 1. The first-order chi connectivity index (χ1) is 14.7. The molecule has 4 aliphatic rings. The standard InChI is InChI=1S/C23H32N2O6/c1-14(2)24-11-8-10-23-16(19(27)25(15(3)13-26)18(23)20(24)28)17-21(29)30-12-7-5-6-9-22(17,4)31-23/h6,8-10,14-18,26H,5,7,11-13H2,1-4H3/b9-6-/t15-,16+,17+,18?,22-,23+/m1/s1. The lowest BCUT2D eigenvalue weighted by atomic mass is 9.74. The van der Waals surface area contributed by atoms with Crippen molar-refractivity contribution in [1.82, 2.24) is 9.80 Å². The van der Waals surface area contributed by atoms with Gasteiger partial charge >= 0.3 is 5.97 Å². The number of ether oxygens (including phenoxy) is 2. The van der Waals surface area contributed by atoms with Gasteiger partial charge in [0, 0.05) is 12.6 Å². The second-order valence-corrected chi connectivity index (χ2v) is 9.47. The van der Waals surface area contributed by atoms with Crippen LogP contribution in [0, 0.1) is 11.8 Å². The van der Waals surface area contributed by atoms with E-state index in [4.69, 9.17) is 9.47 Å². The van der Waals surface area contributed by atoms with Gasteiger partial charge in [0.05, 0.1) is 30.8 Å². The number of aliphatic hydroxyl groups is 1. The predicted octanol–water partition coefficient (Wildman–Crippen LogP) is 1.04. The molecule has 0 aromatic rings. The van der Waals surface area contributed by atoms with Gasteiger partial charge in [-0.3, -0.25) is 14.4 Å². The number of rotatable bonds is 3. The molecule has 170 valence electrons. The van der Waals surface area contributed by atoms with Gasteiger partial charge in [-0.05, 0) is 40.5 Å². The van der Waals surface area contributed by atoms with Crippen LogP contribution in [-0.2, 0) is 23.9 Å². The topological polar surface area (TPSA) is 96.4 Å². The van der Waals surface area contributed by atoms with Crippen LogP contribution in [0.5, 0.6) is 0 Å². The van der Waals surface area contributed by atoms with E-state index in [2.05, 4.69) is 0 Å². The van der Waals surface area contributed by atoms with Crippen molar-refractivity contribution in [1.29, 1.82) is 0 Å². The molecule has 1 spiro atoms. The monoisotopic (exact) mass is 432 g/mol. The van der Waals surface area contributed by atoms with E-state index in [9.17, 15) is 19.5 Å². The highest BCUT2D eigenvalue weighted by molar-refractivity contribution is 5.99. The van der Waals surface area contributed by atoms with E-state index in [0.29, 0.717) is 13.0 Å². The summed E-state index contributed by atoms with van der Waals surface area (Å²) in [6.07, 6.45) is 8.91. The van der Waals surface area contributed by atoms with Crippen LogP contribution in [-0.4, -0.2) is 81.8 Å². The van der Waals surface area contributed by atoms with Crippen molar-refractivity contribution >= 4 is 17.8 Å². The Hall–Kier alpha value is -2.19. The third kappa shape index (κ3) is 3.14. The summed E-state index contributed by atoms with van der Waals surface area (Å²) in [5.41, 5.74) is -2.38. The molecule has 0 radical (unpaired) electrons. The molecule has 2 fully saturated rings. The minimum atomic E-state index is -1.30. The van der Waals surface area contributed by atoms with Crippen LogP contribution in [0.2, 0.25) is 0 Å². The highest BCUT2D eigenvalue weighted by Crippen LogP contribution is 2.57. The highest BCUT2D eigenvalue weighted by Gasteiger charge is 2.75. The first kappa shape index (κ1) is 22.0. The molecule has 4 aliphatic heterocycles. The lowest BCUT2D eigenvalue weighted by Gasteiger charge is -2.40. The molecule has 1 N–H and O–H groups in total. The van der Waals surface area contributed by atoms with Crippen LogP contribution >= 0.6 is 0 Å². The minimum Gasteiger partial charge on any atom is -0.465 e. The second kappa shape index (κ2) is 7.74. The molecule has 0 aromatic carbocycles. The number of cyclic esters (lactones) is 1. The Labute approximate surface area is 182 Å². The van der Waals surface area contributed by atoms with Gasteiger partial charge in [-0.15, -0.1) is 0 Å². The minimum absolute atomic E-state index is 0.0771. The Bertz CT molecular complexity index is 838. The largest absolute Gasteiger partial charge is 0.465 e. The van der Waals surface area contributed by atoms with E-state index < -0.39 is 41.1 Å². The molecule has 31 heavy (non-hydrogen) atoms. The zero-order valence-corrected chi connectivity index (χ0v) is 18.6. The number of fused-ring (bicyclic) bond motifs is 2. The number of carbonyl (C=O) groups is 3. The van der Waals surface area contributed by atoms with E-state index in [0.717, 1.165) is 6.42 Å². The van der Waals surface area contributed by atoms with Gasteiger partial charge in [0.25, 0.3) is 0 Å². The predicted molar refractivity (Wildman–Crippen MR) is 112 cm³/mol. The summed E-state index contributed by atoms with van der Waals surface area (Å²) in [5, 5.41) is 9.87. The van der Waals surface area contributed by atoms with Crippen LogP contribution in [0.15, 0.2) is 24.3 Å². The molecule has 1 unspecified atom stereocenters. The van der Waals surface area contributed by atoms with Crippen molar-refractivity contribution in [2.45, 2.75) is 69.9 Å². The van der Waals surface area contributed by atoms with Gasteiger partial charge in [-0.1, -0.05) is 24.3 Å². The van der Waals surface area contributed by atoms with E-state index in [1.807, 2.05) is 32.1 Å². The molecule has 0 saturated carbocycles. The molecule has 0 aromatic heterocycles. The number of hydrogen-bond acceptors (Lipinski definition) is 6. The maximum Gasteiger partial charge on any atom is 0.313 e. The third-order valence-electron chi connectivity index (χ3n) is 7.08. The fourth-order valence-electron chi connectivity index (χ4n) is 5.62. The van der Waals surface area contributed by atoms with Crippen molar-refractivity contribution < 1.29 is 29.0 Å². The number of amides is 2. The van der Waals surface area contributed by atoms with E-state index in [-0.39, 0.29) is 31.1 Å². The van der Waals surface area contributed by atoms with Crippen LogP contribution in [0.4, 0.5) is 0 Å². The van der Waals surface area contributed by atoms with Crippen LogP contribution in [0.25, 0.3) is 0 Å². The first-order valence-corrected chi connectivity index (χ1v) is 11.1. The normalized spacial score (nSPS) is 39.8. The molecule has 4 heterocycles. The average Bonchev–Trinajstić information content (AvgIpc) is 3.07. The highest BCUT2D eigenvalue weighted by atomic mass is 16.6. The van der Waals surface area contributed by atoms with Gasteiger partial charge < -0.3 is 24.4 Å². The Morgan fingerprint density at radius 3 is 2.55 bits per heavy atom. The van der Waals surface area contributed by atoms with Crippen LogP contribution < -0.4 is 0 Å². The summed E-state index contributed by atoms with van der Waals surface area (Å²) in [5.74, 6) is -2.85. The fourth-order valence-corrected chi connectivity index (χ4v) is 5.62. The van der Waals surface area contributed by atoms with Crippen molar-refractivity contribution in [3.63, 3.8) is 0 Å². The first-order valence-electron chi connectivity index (χ1n) is 11.1. The number of esters is 1. The molecule has 6 atom stereocenters.